The van der Waals surface area contributed by atoms with E-state index < -0.39 is 0 Å². The van der Waals surface area contributed by atoms with Gasteiger partial charge in [0.05, 0.1) is 6.10 Å². The fourth-order valence-electron chi connectivity index (χ4n) is 1.48. The monoisotopic (exact) mass is 198 g/mol. The minimum absolute atomic E-state index is 0.161. The molecule has 0 spiro atoms. The molecule has 0 aliphatic carbocycles. The molecule has 0 atom stereocenters. The first-order valence-electron chi connectivity index (χ1n) is 4.75. The van der Waals surface area contributed by atoms with Crippen molar-refractivity contribution in [2.24, 2.45) is 0 Å². The van der Waals surface area contributed by atoms with Crippen molar-refractivity contribution in [1.29, 1.82) is 0 Å². The second kappa shape index (κ2) is 4.39. The van der Waals surface area contributed by atoms with Crippen molar-refractivity contribution in [2.45, 2.75) is 25.6 Å². The summed E-state index contributed by atoms with van der Waals surface area (Å²) in [5.41, 5.74) is 5.31. The molecule has 1 aromatic heterocycles. The Hall–Kier alpha value is -1.14. The van der Waals surface area contributed by atoms with Gasteiger partial charge in [-0.2, -0.15) is 4.98 Å². The smallest absolute Gasteiger partial charge is 0.260 e. The first-order valence-corrected chi connectivity index (χ1v) is 4.75. The molecule has 1 aromatic rings. The number of aromatic nitrogens is 2. The lowest BCUT2D eigenvalue weighted by molar-refractivity contribution is 0.00859. The van der Waals surface area contributed by atoms with E-state index in [1.165, 1.54) is 0 Å². The molecular weight excluding hydrogens is 184 g/mol. The molecule has 1 saturated heterocycles. The number of nitrogen functional groups attached to an aromatic ring is 1. The number of rotatable bonds is 3. The lowest BCUT2D eigenvalue weighted by atomic mass is 10.1. The zero-order valence-electron chi connectivity index (χ0n) is 7.90. The summed E-state index contributed by atoms with van der Waals surface area (Å²) in [7, 11) is 0. The summed E-state index contributed by atoms with van der Waals surface area (Å²) in [4.78, 5) is 3.85. The summed E-state index contributed by atoms with van der Waals surface area (Å²) < 4.78 is 10.4. The molecule has 0 radical (unpaired) electrons. The Kier molecular flexibility index (Phi) is 2.95. The molecule has 1 aliphatic heterocycles. The summed E-state index contributed by atoms with van der Waals surface area (Å²) in [6.07, 6.45) is 2.36. The second-order valence-electron chi connectivity index (χ2n) is 3.31. The topological polar surface area (TPSA) is 86.2 Å². The van der Waals surface area contributed by atoms with Crippen molar-refractivity contribution in [3.63, 3.8) is 0 Å². The average Bonchev–Trinajstić information content (AvgIpc) is 2.63. The van der Waals surface area contributed by atoms with E-state index in [-0.39, 0.29) is 5.95 Å². The molecule has 6 nitrogen and oxygen atoms in total. The van der Waals surface area contributed by atoms with Crippen LogP contribution in [0.2, 0.25) is 0 Å². The van der Waals surface area contributed by atoms with Crippen molar-refractivity contribution in [3.05, 3.63) is 5.89 Å². The number of hydrogen-bond donors (Lipinski definition) is 2. The average molecular weight is 198 g/mol. The van der Waals surface area contributed by atoms with E-state index in [2.05, 4.69) is 15.5 Å². The second-order valence-corrected chi connectivity index (χ2v) is 3.31. The lowest BCUT2D eigenvalue weighted by Crippen LogP contribution is -2.32. The number of nitrogens with two attached hydrogens (primary N) is 1. The first-order chi connectivity index (χ1) is 6.84. The van der Waals surface area contributed by atoms with E-state index in [0.29, 0.717) is 18.6 Å². The quantitative estimate of drug-likeness (QED) is 0.706. The predicted molar refractivity (Wildman–Crippen MR) is 49.4 cm³/mol. The van der Waals surface area contributed by atoms with Crippen LogP contribution in [-0.2, 0) is 11.3 Å². The van der Waals surface area contributed by atoms with Gasteiger partial charge in [0.1, 0.15) is 6.61 Å². The maximum Gasteiger partial charge on any atom is 0.260 e. The van der Waals surface area contributed by atoms with Crippen molar-refractivity contribution in [3.8, 4) is 0 Å². The van der Waals surface area contributed by atoms with Crippen LogP contribution in [0.4, 0.5) is 5.95 Å². The van der Waals surface area contributed by atoms with E-state index in [9.17, 15) is 0 Å². The van der Waals surface area contributed by atoms with Gasteiger partial charge in [-0.15, -0.1) is 0 Å². The van der Waals surface area contributed by atoms with E-state index >= 15 is 0 Å². The Labute approximate surface area is 81.8 Å². The summed E-state index contributed by atoms with van der Waals surface area (Å²) in [6, 6.07) is 0. The van der Waals surface area contributed by atoms with E-state index in [4.69, 9.17) is 15.0 Å². The van der Waals surface area contributed by atoms with Gasteiger partial charge in [-0.1, -0.05) is 0 Å². The molecule has 78 valence electrons. The third-order valence-electron chi connectivity index (χ3n) is 2.21. The molecule has 14 heavy (non-hydrogen) atoms. The SMILES string of the molecule is Nc1noc(COC2CCNCC2)n1. The van der Waals surface area contributed by atoms with Gasteiger partial charge in [0.15, 0.2) is 0 Å². The number of ether oxygens (including phenoxy) is 1. The molecule has 0 bridgehead atoms. The number of nitrogens with zero attached hydrogens (tertiary/aromatic N) is 2. The fraction of sp³-hybridized carbons (Fsp3) is 0.750. The molecule has 3 N–H and O–H groups in total. The first kappa shape index (κ1) is 9.42. The summed E-state index contributed by atoms with van der Waals surface area (Å²) >= 11 is 0. The zero-order valence-corrected chi connectivity index (χ0v) is 7.90. The molecule has 2 rings (SSSR count). The molecule has 0 aromatic carbocycles. The molecule has 1 aliphatic rings. The number of hydrogen-bond acceptors (Lipinski definition) is 6. The Morgan fingerprint density at radius 2 is 2.29 bits per heavy atom. The van der Waals surface area contributed by atoms with Crippen LogP contribution in [0.25, 0.3) is 0 Å². The van der Waals surface area contributed by atoms with Crippen molar-refractivity contribution >= 4 is 5.95 Å². The van der Waals surface area contributed by atoms with Crippen LogP contribution in [0.15, 0.2) is 4.52 Å². The van der Waals surface area contributed by atoms with E-state index in [0.717, 1.165) is 25.9 Å². The predicted octanol–water partition coefficient (Wildman–Crippen LogP) is -0.0796. The van der Waals surface area contributed by atoms with Crippen LogP contribution in [0.1, 0.15) is 18.7 Å². The van der Waals surface area contributed by atoms with Gasteiger partial charge in [0.25, 0.3) is 11.8 Å². The zero-order chi connectivity index (χ0) is 9.80. The maximum absolute atomic E-state index is 5.59. The van der Waals surface area contributed by atoms with Gasteiger partial charge in [-0.25, -0.2) is 0 Å². The van der Waals surface area contributed by atoms with Crippen molar-refractivity contribution in [1.82, 2.24) is 15.5 Å². The number of piperidine rings is 1. The molecule has 2 heterocycles. The lowest BCUT2D eigenvalue weighted by Gasteiger charge is -2.21. The van der Waals surface area contributed by atoms with Gasteiger partial charge in [0.2, 0.25) is 0 Å². The van der Waals surface area contributed by atoms with Gasteiger partial charge in [-0.3, -0.25) is 0 Å². The van der Waals surface area contributed by atoms with E-state index in [1.807, 2.05) is 0 Å². The Balaban J connectivity index is 1.76. The minimum atomic E-state index is 0.161. The summed E-state index contributed by atoms with van der Waals surface area (Å²) in [5, 5.41) is 6.75. The normalized spacial score (nSPS) is 18.6. The standard InChI is InChI=1S/C8H14N4O2/c9-8-11-7(14-12-8)5-13-6-1-3-10-4-2-6/h6,10H,1-5H2,(H2,9,12). The third kappa shape index (κ3) is 2.43. The third-order valence-corrected chi connectivity index (χ3v) is 2.21. The largest absolute Gasteiger partial charge is 0.368 e. The molecule has 0 saturated carbocycles. The van der Waals surface area contributed by atoms with Gasteiger partial charge >= 0.3 is 0 Å². The Bertz CT molecular complexity index is 283. The van der Waals surface area contributed by atoms with Gasteiger partial charge < -0.3 is 20.3 Å². The van der Waals surface area contributed by atoms with Crippen LogP contribution >= 0.6 is 0 Å². The van der Waals surface area contributed by atoms with Crippen LogP contribution in [0.5, 0.6) is 0 Å². The summed E-state index contributed by atoms with van der Waals surface area (Å²) in [5.74, 6) is 0.606. The fourth-order valence-corrected chi connectivity index (χ4v) is 1.48. The Morgan fingerprint density at radius 3 is 2.93 bits per heavy atom. The van der Waals surface area contributed by atoms with Crippen LogP contribution < -0.4 is 11.1 Å². The molecule has 6 heteroatoms. The Morgan fingerprint density at radius 1 is 1.50 bits per heavy atom. The van der Waals surface area contributed by atoms with Crippen molar-refractivity contribution in [2.75, 3.05) is 18.8 Å². The minimum Gasteiger partial charge on any atom is -0.368 e. The van der Waals surface area contributed by atoms with Gasteiger partial charge in [-0.05, 0) is 31.1 Å². The highest BCUT2D eigenvalue weighted by Crippen LogP contribution is 2.10. The van der Waals surface area contributed by atoms with Crippen LogP contribution in [0.3, 0.4) is 0 Å². The maximum atomic E-state index is 5.59. The molecule has 0 amide bonds. The van der Waals surface area contributed by atoms with Gasteiger partial charge in [0, 0.05) is 0 Å². The van der Waals surface area contributed by atoms with Crippen LogP contribution in [-0.4, -0.2) is 29.3 Å². The number of anilines is 1. The number of nitrogens with one attached hydrogen (secondary N) is 1. The molecule has 1 fully saturated rings. The molecular formula is C8H14N4O2. The highest BCUT2D eigenvalue weighted by molar-refractivity contribution is 5.09. The summed E-state index contributed by atoms with van der Waals surface area (Å²) in [6.45, 7) is 2.38. The highest BCUT2D eigenvalue weighted by Gasteiger charge is 2.14. The molecule has 0 unspecified atom stereocenters. The van der Waals surface area contributed by atoms with Crippen molar-refractivity contribution < 1.29 is 9.26 Å². The van der Waals surface area contributed by atoms with Crippen LogP contribution in [0, 0.1) is 0 Å². The highest BCUT2D eigenvalue weighted by atomic mass is 16.5. The van der Waals surface area contributed by atoms with E-state index in [1.54, 1.807) is 0 Å².